The third kappa shape index (κ3) is 4.56. The number of hydrogen-bond donors (Lipinski definition) is 0. The Hall–Kier alpha value is -2.67. The number of benzene rings is 2. The van der Waals surface area contributed by atoms with Crippen molar-refractivity contribution >= 4 is 33.2 Å². The first-order valence-electron chi connectivity index (χ1n) is 11.0. The van der Waals surface area contributed by atoms with Crippen molar-refractivity contribution in [3.8, 4) is 0 Å². The topological polar surface area (TPSA) is 43.4 Å². The van der Waals surface area contributed by atoms with Crippen LogP contribution in [0.15, 0.2) is 36.4 Å². The summed E-state index contributed by atoms with van der Waals surface area (Å²) in [5, 5.41) is 0.823. The van der Waals surface area contributed by atoms with E-state index in [9.17, 15) is 22.8 Å². The van der Waals surface area contributed by atoms with Crippen molar-refractivity contribution in [2.24, 2.45) is 0 Å². The molecule has 1 atom stereocenters. The molecule has 0 radical (unpaired) electrons. The monoisotopic (exact) mass is 474 g/mol. The number of carbonyl (C=O) groups is 2. The van der Waals surface area contributed by atoms with Crippen LogP contribution in [0.3, 0.4) is 0 Å². The molecule has 0 saturated heterocycles. The number of ether oxygens (including phenoxy) is 1. The predicted molar refractivity (Wildman–Crippen MR) is 123 cm³/mol. The molecule has 0 fully saturated rings. The van der Waals surface area contributed by atoms with Gasteiger partial charge < -0.3 is 4.74 Å². The average molecular weight is 475 g/mol. The number of aryl methyl sites for hydroxylation is 2. The van der Waals surface area contributed by atoms with Crippen molar-refractivity contribution in [3.63, 3.8) is 0 Å². The molecule has 1 aromatic heterocycles. The lowest BCUT2D eigenvalue weighted by atomic mass is 9.94. The zero-order valence-corrected chi connectivity index (χ0v) is 19.5. The summed E-state index contributed by atoms with van der Waals surface area (Å²) in [6.07, 6.45) is -2.21. The lowest BCUT2D eigenvalue weighted by molar-refractivity contribution is -0.142. The molecule has 0 amide bonds. The van der Waals surface area contributed by atoms with Gasteiger partial charge in [-0.3, -0.25) is 9.59 Å². The molecular formula is C26H25F3O3S. The zero-order chi connectivity index (χ0) is 23.9. The number of rotatable bonds is 6. The summed E-state index contributed by atoms with van der Waals surface area (Å²) < 4.78 is 44.9. The number of ketones is 1. The number of carbonyl (C=O) groups excluding carboxylic acids is 2. The smallest absolute Gasteiger partial charge is 0.416 e. The summed E-state index contributed by atoms with van der Waals surface area (Å²) in [6, 6.07) is 9.37. The van der Waals surface area contributed by atoms with Gasteiger partial charge in [0.05, 0.1) is 18.6 Å². The summed E-state index contributed by atoms with van der Waals surface area (Å²) in [4.78, 5) is 26.0. The molecule has 7 heteroatoms. The van der Waals surface area contributed by atoms with E-state index in [4.69, 9.17) is 4.74 Å². The molecule has 0 bridgehead atoms. The fraction of sp³-hybridized carbons (Fsp3) is 0.385. The Morgan fingerprint density at radius 1 is 1.15 bits per heavy atom. The molecule has 1 heterocycles. The van der Waals surface area contributed by atoms with Crippen LogP contribution in [0.5, 0.6) is 0 Å². The van der Waals surface area contributed by atoms with E-state index in [1.54, 1.807) is 18.2 Å². The lowest BCUT2D eigenvalue weighted by Crippen LogP contribution is -2.12. The molecule has 1 unspecified atom stereocenters. The van der Waals surface area contributed by atoms with Crippen molar-refractivity contribution in [1.29, 1.82) is 0 Å². The number of halogens is 3. The number of esters is 1. The van der Waals surface area contributed by atoms with Crippen LogP contribution in [0.1, 0.15) is 76.0 Å². The van der Waals surface area contributed by atoms with Crippen molar-refractivity contribution in [2.45, 2.75) is 57.5 Å². The highest BCUT2D eigenvalue weighted by Gasteiger charge is 2.32. The Kier molecular flexibility index (Phi) is 6.36. The van der Waals surface area contributed by atoms with Crippen LogP contribution in [0, 0.1) is 0 Å². The van der Waals surface area contributed by atoms with E-state index >= 15 is 0 Å². The van der Waals surface area contributed by atoms with Crippen LogP contribution in [0.4, 0.5) is 13.2 Å². The summed E-state index contributed by atoms with van der Waals surface area (Å²) in [5.41, 5.74) is 2.82. The third-order valence-corrected chi connectivity index (χ3v) is 7.55. The maximum Gasteiger partial charge on any atom is 0.416 e. The van der Waals surface area contributed by atoms with Gasteiger partial charge in [-0.15, -0.1) is 11.3 Å². The first-order chi connectivity index (χ1) is 15.6. The summed E-state index contributed by atoms with van der Waals surface area (Å²) >= 11 is 1.33. The highest BCUT2D eigenvalue weighted by atomic mass is 32.1. The van der Waals surface area contributed by atoms with Gasteiger partial charge in [0, 0.05) is 21.6 Å². The summed E-state index contributed by atoms with van der Waals surface area (Å²) in [7, 11) is 1.37. The average Bonchev–Trinajstić information content (AvgIpc) is 3.36. The molecular weight excluding hydrogens is 449 g/mol. The second kappa shape index (κ2) is 8.93. The van der Waals surface area contributed by atoms with E-state index in [0.29, 0.717) is 23.1 Å². The quantitative estimate of drug-likeness (QED) is 0.284. The first-order valence-corrected chi connectivity index (χ1v) is 11.8. The molecule has 0 spiro atoms. The van der Waals surface area contributed by atoms with Gasteiger partial charge in [-0.05, 0) is 65.5 Å². The Bertz CT molecular complexity index is 1220. The van der Waals surface area contributed by atoms with Crippen LogP contribution < -0.4 is 0 Å². The van der Waals surface area contributed by atoms with Crippen LogP contribution >= 0.6 is 11.3 Å². The zero-order valence-electron chi connectivity index (χ0n) is 18.7. The van der Waals surface area contributed by atoms with Crippen LogP contribution in [-0.4, -0.2) is 18.9 Å². The molecule has 33 heavy (non-hydrogen) atoms. The van der Waals surface area contributed by atoms with Crippen molar-refractivity contribution in [2.75, 3.05) is 7.11 Å². The van der Waals surface area contributed by atoms with Gasteiger partial charge in [0.2, 0.25) is 0 Å². The molecule has 0 N–H and O–H groups in total. The summed E-state index contributed by atoms with van der Waals surface area (Å²) in [5.74, 6) is -0.544. The summed E-state index contributed by atoms with van der Waals surface area (Å²) in [6.45, 7) is 4.02. The van der Waals surface area contributed by atoms with Gasteiger partial charge in [-0.1, -0.05) is 32.0 Å². The molecule has 3 aromatic rings. The minimum Gasteiger partial charge on any atom is -0.469 e. The predicted octanol–water partition coefficient (Wildman–Crippen LogP) is 7.06. The number of alkyl halides is 3. The van der Waals surface area contributed by atoms with Crippen LogP contribution in [-0.2, 0) is 28.5 Å². The number of fused-ring (bicyclic) bond motifs is 2. The molecule has 0 aliphatic heterocycles. The first kappa shape index (κ1) is 23.5. The lowest BCUT2D eigenvalue weighted by Gasteiger charge is -2.11. The van der Waals surface area contributed by atoms with Crippen LogP contribution in [0.2, 0.25) is 0 Å². The molecule has 174 valence electrons. The van der Waals surface area contributed by atoms with E-state index in [0.717, 1.165) is 39.4 Å². The molecule has 1 aliphatic carbocycles. The second-order valence-electron chi connectivity index (χ2n) is 8.75. The standard InChI is InChI=1S/C26H25F3O3S/c1-14(2)24-19-9-7-17(26(27,28)29)13-23(19)33-22(24)11-10-21(30)16-5-4-15-6-8-18(20(15)12-16)25(31)32-3/h4-5,7,9,12-14,18H,6,8,10-11H2,1-3H3. The van der Waals surface area contributed by atoms with Gasteiger partial charge in [0.1, 0.15) is 0 Å². The molecule has 2 aromatic carbocycles. The van der Waals surface area contributed by atoms with Crippen molar-refractivity contribution in [1.82, 2.24) is 0 Å². The number of hydrogen-bond acceptors (Lipinski definition) is 4. The normalized spacial score (nSPS) is 15.8. The largest absolute Gasteiger partial charge is 0.469 e. The minimum absolute atomic E-state index is 0.0449. The van der Waals surface area contributed by atoms with Gasteiger partial charge in [-0.2, -0.15) is 13.2 Å². The van der Waals surface area contributed by atoms with Gasteiger partial charge in [-0.25, -0.2) is 0 Å². The third-order valence-electron chi connectivity index (χ3n) is 6.32. The molecule has 1 aliphatic rings. The Morgan fingerprint density at radius 2 is 1.91 bits per heavy atom. The Balaban J connectivity index is 1.58. The van der Waals surface area contributed by atoms with E-state index in [1.807, 2.05) is 19.9 Å². The Labute approximate surface area is 194 Å². The highest BCUT2D eigenvalue weighted by Crippen LogP contribution is 2.40. The maximum atomic E-state index is 13.1. The van der Waals surface area contributed by atoms with Gasteiger partial charge in [0.15, 0.2) is 5.78 Å². The van der Waals surface area contributed by atoms with Gasteiger partial charge in [0.25, 0.3) is 0 Å². The number of methoxy groups -OCH3 is 1. The van der Waals surface area contributed by atoms with Gasteiger partial charge >= 0.3 is 12.1 Å². The van der Waals surface area contributed by atoms with Crippen molar-refractivity contribution in [3.05, 3.63) is 69.1 Å². The fourth-order valence-corrected chi connectivity index (χ4v) is 6.10. The number of thiophene rings is 1. The fourth-order valence-electron chi connectivity index (χ4n) is 4.70. The molecule has 3 nitrogen and oxygen atoms in total. The number of Topliss-reactive ketones (excluding diaryl/α,β-unsaturated/α-hetero) is 1. The second-order valence-corrected chi connectivity index (χ2v) is 9.89. The van der Waals surface area contributed by atoms with E-state index < -0.39 is 11.7 Å². The highest BCUT2D eigenvalue weighted by molar-refractivity contribution is 7.19. The SMILES string of the molecule is COC(=O)C1CCc2ccc(C(=O)CCc3sc4cc(C(F)(F)F)ccc4c3C(C)C)cc21. The molecule has 4 rings (SSSR count). The van der Waals surface area contributed by atoms with E-state index in [1.165, 1.54) is 24.5 Å². The maximum absolute atomic E-state index is 13.1. The van der Waals surface area contributed by atoms with E-state index in [-0.39, 0.29) is 30.0 Å². The molecule has 0 saturated carbocycles. The van der Waals surface area contributed by atoms with Crippen LogP contribution in [0.25, 0.3) is 10.1 Å². The minimum atomic E-state index is -4.39. The van der Waals surface area contributed by atoms with E-state index in [2.05, 4.69) is 0 Å². The Morgan fingerprint density at radius 3 is 2.58 bits per heavy atom. The van der Waals surface area contributed by atoms with Crippen molar-refractivity contribution < 1.29 is 27.5 Å².